The molecule has 19 heavy (non-hydrogen) atoms. The Morgan fingerprint density at radius 3 is 3.21 bits per heavy atom. The topological polar surface area (TPSA) is 72.4 Å². The van der Waals surface area contributed by atoms with Gasteiger partial charge in [-0.25, -0.2) is 0 Å². The Bertz CT molecular complexity index is 655. The lowest BCUT2D eigenvalue weighted by Crippen LogP contribution is -2.28. The Labute approximate surface area is 114 Å². The van der Waals surface area contributed by atoms with Gasteiger partial charge < -0.3 is 15.7 Å². The summed E-state index contributed by atoms with van der Waals surface area (Å²) in [5.74, 6) is 5.25. The number of carbonyl (C=O) groups excluding carboxylic acids is 1. The van der Waals surface area contributed by atoms with E-state index in [0.29, 0.717) is 12.0 Å². The summed E-state index contributed by atoms with van der Waals surface area (Å²) in [4.78, 5) is 12.2. The first kappa shape index (κ1) is 12.0. The van der Waals surface area contributed by atoms with Crippen molar-refractivity contribution in [2.75, 3.05) is 0 Å². The highest BCUT2D eigenvalue weighted by molar-refractivity contribution is 7.13. The standard InChI is InChI=1S/C13H14N4OS/c1-8(16-14)7-10-11-3-2-5-17(11)13-9(4-6-19-13)12(18)15-10/h2-6,10H,7,14H2,1H3,(H,15,18)/b16-8+. The molecule has 0 radical (unpaired) electrons. The number of carbonyl (C=O) groups is 1. The lowest BCUT2D eigenvalue weighted by atomic mass is 10.1. The molecule has 0 bridgehead atoms. The van der Waals surface area contributed by atoms with Crippen molar-refractivity contribution in [3.8, 4) is 5.00 Å². The normalized spacial score (nSPS) is 18.5. The highest BCUT2D eigenvalue weighted by Gasteiger charge is 2.27. The van der Waals surface area contributed by atoms with Crippen molar-refractivity contribution < 1.29 is 4.79 Å². The van der Waals surface area contributed by atoms with E-state index in [9.17, 15) is 4.79 Å². The second kappa shape index (κ2) is 4.55. The zero-order chi connectivity index (χ0) is 13.4. The molecule has 3 N–H and O–H groups in total. The molecule has 1 aliphatic rings. The summed E-state index contributed by atoms with van der Waals surface area (Å²) in [5.41, 5.74) is 2.58. The molecule has 0 saturated carbocycles. The summed E-state index contributed by atoms with van der Waals surface area (Å²) in [7, 11) is 0. The average molecular weight is 274 g/mol. The Balaban J connectivity index is 2.08. The molecule has 1 unspecified atom stereocenters. The third kappa shape index (κ3) is 1.94. The molecule has 3 rings (SSSR count). The first-order valence-corrected chi connectivity index (χ1v) is 6.88. The van der Waals surface area contributed by atoms with Gasteiger partial charge in [-0.3, -0.25) is 4.79 Å². The van der Waals surface area contributed by atoms with E-state index < -0.39 is 0 Å². The largest absolute Gasteiger partial charge is 0.343 e. The molecular formula is C13H14N4OS. The number of fused-ring (bicyclic) bond motifs is 3. The van der Waals surface area contributed by atoms with E-state index in [4.69, 9.17) is 5.84 Å². The number of rotatable bonds is 2. The number of hydrogen-bond donors (Lipinski definition) is 2. The fourth-order valence-corrected chi connectivity index (χ4v) is 3.24. The van der Waals surface area contributed by atoms with Gasteiger partial charge in [0.25, 0.3) is 5.91 Å². The molecule has 98 valence electrons. The second-order valence-electron chi connectivity index (χ2n) is 4.54. The van der Waals surface area contributed by atoms with Crippen LogP contribution in [0.4, 0.5) is 0 Å². The zero-order valence-corrected chi connectivity index (χ0v) is 11.3. The van der Waals surface area contributed by atoms with Crippen LogP contribution in [0.3, 0.4) is 0 Å². The van der Waals surface area contributed by atoms with Crippen LogP contribution in [0.2, 0.25) is 0 Å². The van der Waals surface area contributed by atoms with Gasteiger partial charge in [-0.1, -0.05) is 0 Å². The van der Waals surface area contributed by atoms with Crippen LogP contribution < -0.4 is 11.2 Å². The molecule has 1 amide bonds. The quantitative estimate of drug-likeness (QED) is 0.500. The number of nitrogens with one attached hydrogen (secondary N) is 1. The molecule has 5 nitrogen and oxygen atoms in total. The smallest absolute Gasteiger partial charge is 0.254 e. The summed E-state index contributed by atoms with van der Waals surface area (Å²) in [6, 6.07) is 5.75. The maximum absolute atomic E-state index is 12.2. The predicted octanol–water partition coefficient (Wildman–Crippen LogP) is 2.05. The highest BCUT2D eigenvalue weighted by atomic mass is 32.1. The van der Waals surface area contributed by atoms with E-state index in [1.54, 1.807) is 11.3 Å². The van der Waals surface area contributed by atoms with Crippen LogP contribution in [-0.4, -0.2) is 16.2 Å². The van der Waals surface area contributed by atoms with Crippen molar-refractivity contribution in [3.63, 3.8) is 0 Å². The first-order valence-electron chi connectivity index (χ1n) is 6.00. The third-order valence-corrected chi connectivity index (χ3v) is 4.18. The summed E-state index contributed by atoms with van der Waals surface area (Å²) in [6.07, 6.45) is 2.59. The van der Waals surface area contributed by atoms with Crippen molar-refractivity contribution in [1.82, 2.24) is 9.88 Å². The van der Waals surface area contributed by atoms with E-state index >= 15 is 0 Å². The fraction of sp³-hybridized carbons (Fsp3) is 0.231. The number of thiophene rings is 1. The monoisotopic (exact) mass is 274 g/mol. The Hall–Kier alpha value is -2.08. The Morgan fingerprint density at radius 2 is 2.42 bits per heavy atom. The number of hydrogen-bond acceptors (Lipinski definition) is 4. The van der Waals surface area contributed by atoms with Gasteiger partial charge >= 0.3 is 0 Å². The Morgan fingerprint density at radius 1 is 1.58 bits per heavy atom. The fourth-order valence-electron chi connectivity index (χ4n) is 2.34. The van der Waals surface area contributed by atoms with Crippen LogP contribution in [0.15, 0.2) is 34.9 Å². The number of amides is 1. The van der Waals surface area contributed by atoms with Crippen LogP contribution in [-0.2, 0) is 0 Å². The molecule has 3 heterocycles. The minimum absolute atomic E-state index is 0.0465. The van der Waals surface area contributed by atoms with Gasteiger partial charge in [0.15, 0.2) is 0 Å². The first-order chi connectivity index (χ1) is 9.20. The SMILES string of the molecule is C/C(CC1NC(=O)c2ccsc2-n2cccc21)=N\N. The minimum atomic E-state index is -0.102. The molecule has 0 spiro atoms. The van der Waals surface area contributed by atoms with Gasteiger partial charge in [0, 0.05) is 24.0 Å². The molecule has 0 aliphatic carbocycles. The van der Waals surface area contributed by atoms with Gasteiger partial charge in [0.1, 0.15) is 5.00 Å². The van der Waals surface area contributed by atoms with E-state index in [0.717, 1.165) is 16.4 Å². The molecule has 0 aromatic carbocycles. The molecule has 1 atom stereocenters. The maximum Gasteiger partial charge on any atom is 0.254 e. The highest BCUT2D eigenvalue weighted by Crippen LogP contribution is 2.31. The molecule has 6 heteroatoms. The van der Waals surface area contributed by atoms with E-state index in [1.807, 2.05) is 36.7 Å². The molecule has 0 fully saturated rings. The van der Waals surface area contributed by atoms with Crippen molar-refractivity contribution >= 4 is 23.0 Å². The van der Waals surface area contributed by atoms with Gasteiger partial charge in [-0.15, -0.1) is 11.3 Å². The van der Waals surface area contributed by atoms with Crippen LogP contribution in [0, 0.1) is 0 Å². The predicted molar refractivity (Wildman–Crippen MR) is 75.8 cm³/mol. The van der Waals surface area contributed by atoms with E-state index in [2.05, 4.69) is 15.0 Å². The van der Waals surface area contributed by atoms with Crippen LogP contribution >= 0.6 is 11.3 Å². The molecule has 1 aliphatic heterocycles. The van der Waals surface area contributed by atoms with Crippen molar-refractivity contribution in [2.24, 2.45) is 10.9 Å². The van der Waals surface area contributed by atoms with Crippen molar-refractivity contribution in [1.29, 1.82) is 0 Å². The van der Waals surface area contributed by atoms with Gasteiger partial charge in [0.05, 0.1) is 11.6 Å². The molecule has 0 saturated heterocycles. The van der Waals surface area contributed by atoms with Crippen LogP contribution in [0.25, 0.3) is 5.00 Å². The number of hydrazone groups is 1. The van der Waals surface area contributed by atoms with Crippen LogP contribution in [0.5, 0.6) is 0 Å². The third-order valence-electron chi connectivity index (χ3n) is 3.27. The summed E-state index contributed by atoms with van der Waals surface area (Å²) >= 11 is 1.56. The molecule has 2 aromatic rings. The minimum Gasteiger partial charge on any atom is -0.343 e. The number of nitrogens with zero attached hydrogens (tertiary/aromatic N) is 2. The Kier molecular flexibility index (Phi) is 2.87. The lowest BCUT2D eigenvalue weighted by molar-refractivity contribution is 0.0940. The zero-order valence-electron chi connectivity index (χ0n) is 10.5. The summed E-state index contributed by atoms with van der Waals surface area (Å²) in [6.45, 7) is 1.86. The summed E-state index contributed by atoms with van der Waals surface area (Å²) < 4.78 is 2.06. The van der Waals surface area contributed by atoms with E-state index in [-0.39, 0.29) is 11.9 Å². The van der Waals surface area contributed by atoms with Gasteiger partial charge in [-0.05, 0) is 30.5 Å². The summed E-state index contributed by atoms with van der Waals surface area (Å²) in [5, 5.41) is 9.62. The number of aromatic nitrogens is 1. The van der Waals surface area contributed by atoms with Crippen molar-refractivity contribution in [3.05, 3.63) is 41.0 Å². The molecule has 2 aromatic heterocycles. The van der Waals surface area contributed by atoms with Gasteiger partial charge in [-0.2, -0.15) is 5.10 Å². The molecular weight excluding hydrogens is 260 g/mol. The van der Waals surface area contributed by atoms with Crippen molar-refractivity contribution in [2.45, 2.75) is 19.4 Å². The van der Waals surface area contributed by atoms with E-state index in [1.165, 1.54) is 0 Å². The average Bonchev–Trinajstić information content (AvgIpc) is 3.03. The van der Waals surface area contributed by atoms with Gasteiger partial charge in [0.2, 0.25) is 0 Å². The number of nitrogens with two attached hydrogens (primary N) is 1. The van der Waals surface area contributed by atoms with Crippen LogP contribution in [0.1, 0.15) is 35.4 Å². The maximum atomic E-state index is 12.2. The second-order valence-corrected chi connectivity index (χ2v) is 5.43. The lowest BCUT2D eigenvalue weighted by Gasteiger charge is -2.16.